The van der Waals surface area contributed by atoms with Crippen molar-refractivity contribution in [2.75, 3.05) is 28.2 Å². The van der Waals surface area contributed by atoms with E-state index in [0.717, 1.165) is 13.1 Å². The Kier molecular flexibility index (Phi) is 6.33. The average molecular weight is 337 g/mol. The predicted octanol–water partition coefficient (Wildman–Crippen LogP) is 1.98. The van der Waals surface area contributed by atoms with E-state index in [4.69, 9.17) is 19.9 Å². The van der Waals surface area contributed by atoms with E-state index in [2.05, 4.69) is 56.2 Å². The molecule has 0 bridgehead atoms. The average Bonchev–Trinajstić information content (AvgIpc) is 2.14. The van der Waals surface area contributed by atoms with Crippen molar-refractivity contribution in [1.82, 2.24) is 9.80 Å². The zero-order valence-electron chi connectivity index (χ0n) is 10.7. The van der Waals surface area contributed by atoms with Crippen LogP contribution in [-0.4, -0.2) is 50.8 Å². The Labute approximate surface area is 117 Å². The zero-order chi connectivity index (χ0) is 13.0. The van der Waals surface area contributed by atoms with Gasteiger partial charge in [0.25, 0.3) is 0 Å². The molecular weight excluding hydrogens is 318 g/mol. The number of benzene rings is 1. The van der Waals surface area contributed by atoms with Crippen molar-refractivity contribution >= 4 is 37.0 Å². The molecular formula is C12H19AsCl2N2. The van der Waals surface area contributed by atoms with Crippen LogP contribution in [0.2, 0.25) is 0 Å². The quantitative estimate of drug-likeness (QED) is 0.759. The second-order valence-electron chi connectivity index (χ2n) is 4.63. The third-order valence-corrected chi connectivity index (χ3v) is 6.02. The number of hydrogen-bond donors (Lipinski definition) is 0. The van der Waals surface area contributed by atoms with E-state index in [1.54, 1.807) is 0 Å². The molecule has 96 valence electrons. The van der Waals surface area contributed by atoms with E-state index in [1.807, 2.05) is 0 Å². The molecule has 1 aromatic rings. The number of nitrogens with zero attached hydrogens (tertiary/aromatic N) is 2. The van der Waals surface area contributed by atoms with E-state index in [-0.39, 0.29) is 0 Å². The fourth-order valence-electron chi connectivity index (χ4n) is 1.80. The third kappa shape index (κ3) is 4.81. The van der Waals surface area contributed by atoms with Crippen LogP contribution in [0.4, 0.5) is 0 Å². The van der Waals surface area contributed by atoms with Gasteiger partial charge in [-0.15, -0.1) is 0 Å². The van der Waals surface area contributed by atoms with Gasteiger partial charge in [-0.3, -0.25) is 0 Å². The van der Waals surface area contributed by atoms with E-state index in [0.29, 0.717) is 0 Å². The summed E-state index contributed by atoms with van der Waals surface area (Å²) in [6, 6.07) is 6.34. The van der Waals surface area contributed by atoms with Crippen molar-refractivity contribution in [2.24, 2.45) is 0 Å². The molecule has 2 nitrogen and oxygen atoms in total. The number of hydrogen-bond acceptors (Lipinski definition) is 2. The van der Waals surface area contributed by atoms with Crippen molar-refractivity contribution in [3.05, 3.63) is 29.3 Å². The second kappa shape index (κ2) is 7.01. The van der Waals surface area contributed by atoms with Crippen LogP contribution in [0.3, 0.4) is 0 Å². The van der Waals surface area contributed by atoms with Crippen LogP contribution in [0.1, 0.15) is 11.1 Å². The van der Waals surface area contributed by atoms with Gasteiger partial charge in [0, 0.05) is 0 Å². The van der Waals surface area contributed by atoms with Gasteiger partial charge in [-0.1, -0.05) is 0 Å². The van der Waals surface area contributed by atoms with E-state index in [9.17, 15) is 0 Å². The first-order valence-corrected chi connectivity index (χ1v) is 11.3. The Morgan fingerprint density at radius 2 is 1.35 bits per heavy atom. The molecule has 0 aliphatic rings. The maximum atomic E-state index is 6.25. The van der Waals surface area contributed by atoms with Crippen LogP contribution in [0, 0.1) is 0 Å². The molecule has 0 fully saturated rings. The molecule has 0 atom stereocenters. The molecule has 0 amide bonds. The van der Waals surface area contributed by atoms with Gasteiger partial charge < -0.3 is 0 Å². The number of halogens is 2. The van der Waals surface area contributed by atoms with Gasteiger partial charge >= 0.3 is 117 Å². The first-order valence-electron chi connectivity index (χ1n) is 5.43. The van der Waals surface area contributed by atoms with Crippen LogP contribution in [0.5, 0.6) is 0 Å². The standard InChI is InChI=1S/C12H19AsCl2N2/c1-16(2)8-10-6-5-7-11(9-17(3)4)12(10)13(14)15/h5-7H,8-9H2,1-4H3. The maximum absolute atomic E-state index is 6.25. The first-order chi connectivity index (χ1) is 7.91. The molecule has 0 saturated carbocycles. The van der Waals surface area contributed by atoms with Crippen molar-refractivity contribution in [3.63, 3.8) is 0 Å². The minimum absolute atomic E-state index is 0.890. The molecule has 1 rings (SSSR count). The minimum atomic E-state index is -1.90. The molecule has 0 aliphatic carbocycles. The van der Waals surface area contributed by atoms with Crippen molar-refractivity contribution in [1.29, 1.82) is 0 Å². The summed E-state index contributed by atoms with van der Waals surface area (Å²) in [4.78, 5) is 4.29. The van der Waals surface area contributed by atoms with Gasteiger partial charge in [0.2, 0.25) is 0 Å². The summed E-state index contributed by atoms with van der Waals surface area (Å²) < 4.78 is 1.20. The zero-order valence-corrected chi connectivity index (χ0v) is 14.1. The van der Waals surface area contributed by atoms with Gasteiger partial charge in [-0.05, 0) is 0 Å². The third-order valence-electron chi connectivity index (χ3n) is 2.35. The van der Waals surface area contributed by atoms with Crippen LogP contribution < -0.4 is 4.35 Å². The Balaban J connectivity index is 3.12. The van der Waals surface area contributed by atoms with Crippen LogP contribution in [-0.2, 0) is 13.1 Å². The summed E-state index contributed by atoms with van der Waals surface area (Å²) in [7, 11) is 20.7. The molecule has 1 aromatic carbocycles. The second-order valence-corrected chi connectivity index (χ2v) is 11.0. The molecule has 5 heteroatoms. The Morgan fingerprint density at radius 3 is 1.65 bits per heavy atom. The molecule has 0 aliphatic heterocycles. The Bertz CT molecular complexity index is 339. The van der Waals surface area contributed by atoms with E-state index in [1.165, 1.54) is 15.5 Å². The fraction of sp³-hybridized carbons (Fsp3) is 0.500. The Morgan fingerprint density at radius 1 is 0.941 bits per heavy atom. The van der Waals surface area contributed by atoms with Crippen molar-refractivity contribution in [2.45, 2.75) is 13.1 Å². The van der Waals surface area contributed by atoms with E-state index >= 15 is 0 Å². The fourth-order valence-corrected chi connectivity index (χ4v) is 5.58. The summed E-state index contributed by atoms with van der Waals surface area (Å²) in [5.41, 5.74) is 2.53. The summed E-state index contributed by atoms with van der Waals surface area (Å²) in [5, 5.41) is 0. The number of rotatable bonds is 5. The first kappa shape index (κ1) is 15.3. The molecule has 0 saturated heterocycles. The summed E-state index contributed by atoms with van der Waals surface area (Å²) >= 11 is -1.90. The van der Waals surface area contributed by atoms with Crippen molar-refractivity contribution < 1.29 is 0 Å². The molecule has 0 heterocycles. The van der Waals surface area contributed by atoms with Gasteiger partial charge in [0.05, 0.1) is 0 Å². The molecule has 0 radical (unpaired) electrons. The van der Waals surface area contributed by atoms with E-state index < -0.39 is 12.8 Å². The van der Waals surface area contributed by atoms with Gasteiger partial charge in [-0.2, -0.15) is 0 Å². The normalized spacial score (nSPS) is 11.8. The SMILES string of the molecule is CN(C)Cc1cccc(CN(C)C)c1[As](Cl)Cl. The van der Waals surface area contributed by atoms with Crippen LogP contribution >= 0.6 is 19.9 Å². The Hall–Kier alpha value is 0.278. The molecule has 0 aromatic heterocycles. The van der Waals surface area contributed by atoms with Crippen molar-refractivity contribution in [3.8, 4) is 0 Å². The molecule has 17 heavy (non-hydrogen) atoms. The molecule has 0 spiro atoms. The van der Waals surface area contributed by atoms with Gasteiger partial charge in [0.1, 0.15) is 0 Å². The topological polar surface area (TPSA) is 6.48 Å². The van der Waals surface area contributed by atoms with Crippen LogP contribution in [0.15, 0.2) is 18.2 Å². The molecule has 0 N–H and O–H groups in total. The van der Waals surface area contributed by atoms with Crippen LogP contribution in [0.25, 0.3) is 0 Å². The van der Waals surface area contributed by atoms with Gasteiger partial charge in [-0.25, -0.2) is 0 Å². The van der Waals surface area contributed by atoms with Gasteiger partial charge in [0.15, 0.2) is 0 Å². The molecule has 0 unspecified atom stereocenters. The summed E-state index contributed by atoms with van der Waals surface area (Å²) in [6.45, 7) is 1.78. The monoisotopic (exact) mass is 336 g/mol. The predicted molar refractivity (Wildman–Crippen MR) is 78.3 cm³/mol. The summed E-state index contributed by atoms with van der Waals surface area (Å²) in [6.07, 6.45) is 0. The summed E-state index contributed by atoms with van der Waals surface area (Å²) in [5.74, 6) is 0.